The Bertz CT molecular complexity index is 1010. The number of hydrogen-bond acceptors (Lipinski definition) is 8. The van der Waals surface area contributed by atoms with Crippen LogP contribution < -0.4 is 118 Å². The van der Waals surface area contributed by atoms with Gasteiger partial charge in [-0.15, -0.1) is 26.3 Å². The van der Waals surface area contributed by atoms with Crippen molar-refractivity contribution in [2.75, 3.05) is 0 Å². The van der Waals surface area contributed by atoms with Crippen molar-refractivity contribution in [3.63, 3.8) is 0 Å². The molecule has 4 aliphatic rings. The Labute approximate surface area is 415 Å². The molecule has 4 saturated carbocycles. The van der Waals surface area contributed by atoms with Crippen molar-refractivity contribution in [3.05, 3.63) is 50.6 Å². The molecule has 0 aromatic rings. The van der Waals surface area contributed by atoms with E-state index in [1.807, 2.05) is 52.0 Å². The third kappa shape index (κ3) is 19.2. The first-order chi connectivity index (χ1) is 22.4. The molecule has 0 aliphatic heterocycles. The summed E-state index contributed by atoms with van der Waals surface area (Å²) in [4.78, 5) is 0. The molecule has 4 unspecified atom stereocenters. The Morgan fingerprint density at radius 2 is 0.596 bits per heavy atom. The molecule has 280 valence electrons. The van der Waals surface area contributed by atoms with Gasteiger partial charge < -0.3 is 18.2 Å². The van der Waals surface area contributed by atoms with Crippen LogP contribution in [-0.4, -0.2) is 56.0 Å². The minimum Gasteiger partial charge on any atom is -0.772 e. The summed E-state index contributed by atoms with van der Waals surface area (Å²) in [5.74, 6) is 0. The molecule has 0 amide bonds. The molecule has 16 heteroatoms. The zero-order chi connectivity index (χ0) is 36.8. The van der Waals surface area contributed by atoms with Gasteiger partial charge in [0.25, 0.3) is 0 Å². The average Bonchev–Trinajstić information content (AvgIpc) is 3.76. The molecule has 0 aromatic carbocycles. The van der Waals surface area contributed by atoms with Crippen LogP contribution >= 0.6 is 0 Å². The van der Waals surface area contributed by atoms with E-state index in [9.17, 15) is 35.0 Å². The predicted octanol–water partition coefficient (Wildman–Crippen LogP) is -3.98. The molecule has 52 heavy (non-hydrogen) atoms. The van der Waals surface area contributed by atoms with Crippen LogP contribution in [0.5, 0.6) is 0 Å². The first-order valence-corrected chi connectivity index (χ1v) is 21.7. The van der Waals surface area contributed by atoms with Crippen molar-refractivity contribution in [1.82, 2.24) is 0 Å². The van der Waals surface area contributed by atoms with Crippen molar-refractivity contribution in [2.24, 2.45) is 21.7 Å². The topological polar surface area (TPSA) is 161 Å². The van der Waals surface area contributed by atoms with Gasteiger partial charge in [0, 0.05) is 21.0 Å². The Kier molecular flexibility index (Phi) is 36.3. The van der Waals surface area contributed by atoms with E-state index in [1.54, 1.807) is 0 Å². The summed E-state index contributed by atoms with van der Waals surface area (Å²) in [6, 6.07) is 0. The molecule has 0 radical (unpaired) electrons. The van der Waals surface area contributed by atoms with Crippen LogP contribution in [0.25, 0.3) is 0 Å². The summed E-state index contributed by atoms with van der Waals surface area (Å²) in [5.41, 5.74) is -0.189. The van der Waals surface area contributed by atoms with E-state index in [1.165, 1.54) is 0 Å². The van der Waals surface area contributed by atoms with Gasteiger partial charge in [-0.05, 0) is 98.7 Å². The molecule has 0 spiro atoms. The van der Waals surface area contributed by atoms with Gasteiger partial charge in [0.15, 0.2) is 0 Å². The van der Waals surface area contributed by atoms with Crippen molar-refractivity contribution >= 4 is 44.3 Å². The number of rotatable bonds is 12. The molecule has 0 N–H and O–H groups in total. The van der Waals surface area contributed by atoms with E-state index in [2.05, 4.69) is 26.3 Å². The van der Waals surface area contributed by atoms with E-state index >= 15 is 0 Å². The van der Waals surface area contributed by atoms with Crippen molar-refractivity contribution in [3.8, 4) is 0 Å². The van der Waals surface area contributed by atoms with Gasteiger partial charge in [-0.2, -0.15) is 0 Å². The van der Waals surface area contributed by atoms with E-state index in [0.717, 1.165) is 103 Å². The first kappa shape index (κ1) is 62.1. The Morgan fingerprint density at radius 1 is 0.442 bits per heavy atom. The summed E-state index contributed by atoms with van der Waals surface area (Å²) in [6.45, 7) is 22.8. The molecule has 0 aromatic heterocycles. The van der Waals surface area contributed by atoms with Crippen molar-refractivity contribution in [1.29, 1.82) is 0 Å². The van der Waals surface area contributed by atoms with Gasteiger partial charge in [0.1, 0.15) is 0 Å². The van der Waals surface area contributed by atoms with Crippen LogP contribution in [0.1, 0.15) is 130 Å². The normalized spacial score (nSPS) is 35.1. The zero-order valence-corrected chi connectivity index (χ0v) is 44.9. The molecule has 0 saturated heterocycles. The fourth-order valence-electron chi connectivity index (χ4n) is 8.37. The van der Waals surface area contributed by atoms with Gasteiger partial charge in [-0.25, -0.2) is 0 Å². The standard InChI is InChI=1S/4C9H16O2S.4Na/c4*1-3-6-9(2)7-4-5-8(9)12(10)11;;;;/h4*3,8H,1,4-7H2,2H3,(H,10,11);;;;/q;;;;4*+1/p-4/t2*8-,9+;2*8-,9-;;;;/m1010..../s1. The predicted molar refractivity (Wildman–Crippen MR) is 198 cm³/mol. The monoisotopic (exact) mass is 840 g/mol. The maximum atomic E-state index is 10.9. The molecule has 4 fully saturated rings. The molecular weight excluding hydrogens is 781 g/mol. The summed E-state index contributed by atoms with van der Waals surface area (Å²) >= 11 is -7.64. The average molecular weight is 841 g/mol. The summed E-state index contributed by atoms with van der Waals surface area (Å²) in [5, 5.41) is -0.628. The second-order valence-electron chi connectivity index (χ2n) is 15.2. The molecule has 0 bridgehead atoms. The maximum Gasteiger partial charge on any atom is 1.00 e. The van der Waals surface area contributed by atoms with Gasteiger partial charge in [-0.3, -0.25) is 16.8 Å². The Balaban J connectivity index is -0.000000288. The maximum absolute atomic E-state index is 10.9. The van der Waals surface area contributed by atoms with Crippen molar-refractivity contribution in [2.45, 2.75) is 151 Å². The molecular formula is C36H60Na4O8S4. The van der Waals surface area contributed by atoms with E-state index in [4.69, 9.17) is 0 Å². The number of hydrogen-bond donors (Lipinski definition) is 0. The van der Waals surface area contributed by atoms with Gasteiger partial charge in [-0.1, -0.05) is 122 Å². The second-order valence-corrected chi connectivity index (χ2v) is 19.5. The van der Waals surface area contributed by atoms with Crippen LogP contribution in [0.3, 0.4) is 0 Å². The Morgan fingerprint density at radius 3 is 0.712 bits per heavy atom. The minimum absolute atomic E-state index is 0. The smallest absolute Gasteiger partial charge is 0.772 e. The van der Waals surface area contributed by atoms with Crippen molar-refractivity contribution < 1.29 is 153 Å². The second kappa shape index (κ2) is 30.4. The summed E-state index contributed by atoms with van der Waals surface area (Å²) in [6.07, 6.45) is 22.0. The van der Waals surface area contributed by atoms with Crippen LogP contribution in [0.2, 0.25) is 0 Å². The van der Waals surface area contributed by atoms with E-state index < -0.39 is 44.3 Å². The summed E-state index contributed by atoms with van der Waals surface area (Å²) in [7, 11) is 0. The molecule has 8 nitrogen and oxygen atoms in total. The van der Waals surface area contributed by atoms with E-state index in [0.29, 0.717) is 0 Å². The van der Waals surface area contributed by atoms with Gasteiger partial charge >= 0.3 is 118 Å². The largest absolute Gasteiger partial charge is 1.00 e. The third-order valence-electron chi connectivity index (χ3n) is 11.3. The number of allylic oxidation sites excluding steroid dienone is 4. The minimum atomic E-state index is -1.91. The SMILES string of the molecule is C=CC[C@@]1(C)CCC[C@@H]1S(=O)[O-].C=CC[C@@]1(C)CCC[C@H]1S(=O)[O-].C=CC[C@]1(C)CCC[C@@H]1S(=O)[O-].C=CC[C@]1(C)CCC[C@H]1S(=O)[O-].[Na+].[Na+].[Na+].[Na+]. The molecule has 4 aliphatic carbocycles. The molecule has 0 heterocycles. The van der Waals surface area contributed by atoms with Crippen LogP contribution in [-0.2, 0) is 44.3 Å². The molecule has 12 atom stereocenters. The van der Waals surface area contributed by atoms with Crippen LogP contribution in [0.4, 0.5) is 0 Å². The van der Waals surface area contributed by atoms with Gasteiger partial charge in [0.05, 0.1) is 0 Å². The molecule has 4 rings (SSSR count). The van der Waals surface area contributed by atoms with Crippen LogP contribution in [0, 0.1) is 21.7 Å². The zero-order valence-electron chi connectivity index (χ0n) is 33.7. The van der Waals surface area contributed by atoms with E-state index in [-0.39, 0.29) is 161 Å². The fraction of sp³-hybridized carbons (Fsp3) is 0.778. The Hall–Kier alpha value is 3.40. The first-order valence-electron chi connectivity index (χ1n) is 17.2. The summed E-state index contributed by atoms with van der Waals surface area (Å²) < 4.78 is 86.9. The quantitative estimate of drug-likeness (QED) is 0.109. The van der Waals surface area contributed by atoms with Crippen LogP contribution in [0.15, 0.2) is 50.6 Å². The third-order valence-corrected chi connectivity index (χ3v) is 16.4. The fourth-order valence-corrected chi connectivity index (χ4v) is 12.5. The van der Waals surface area contributed by atoms with Gasteiger partial charge in [0.2, 0.25) is 0 Å².